The van der Waals surface area contributed by atoms with Gasteiger partial charge in [0.25, 0.3) is 5.91 Å². The van der Waals surface area contributed by atoms with Crippen molar-refractivity contribution in [1.29, 1.82) is 0 Å². The van der Waals surface area contributed by atoms with Crippen LogP contribution in [0.4, 0.5) is 11.4 Å². The average molecular weight is 366 g/mol. The van der Waals surface area contributed by atoms with E-state index in [-0.39, 0.29) is 5.91 Å². The quantitative estimate of drug-likeness (QED) is 0.634. The Labute approximate surface area is 158 Å². The number of anilines is 2. The lowest BCUT2D eigenvalue weighted by Gasteiger charge is -2.09. The highest BCUT2D eigenvalue weighted by atomic mass is 35.5. The highest BCUT2D eigenvalue weighted by molar-refractivity contribution is 6.30. The molecule has 0 fully saturated rings. The number of hydrogen-bond donors (Lipinski definition) is 2. The molecule has 0 saturated carbocycles. The minimum Gasteiger partial charge on any atom is -0.380 e. The maximum absolute atomic E-state index is 12.4. The van der Waals surface area contributed by atoms with Gasteiger partial charge in [-0.3, -0.25) is 9.78 Å². The predicted molar refractivity (Wildman–Crippen MR) is 107 cm³/mol. The second-order valence-corrected chi connectivity index (χ2v) is 6.38. The summed E-state index contributed by atoms with van der Waals surface area (Å²) < 4.78 is 0. The Hall–Kier alpha value is -2.85. The maximum Gasteiger partial charge on any atom is 0.257 e. The number of carbonyl (C=O) groups excluding carboxylic acids is 1. The van der Waals surface area contributed by atoms with E-state index in [2.05, 4.69) is 22.5 Å². The third-order valence-corrected chi connectivity index (χ3v) is 4.28. The molecule has 0 unspecified atom stereocenters. The summed E-state index contributed by atoms with van der Waals surface area (Å²) in [6.45, 7) is 2.73. The van der Waals surface area contributed by atoms with Crippen molar-refractivity contribution in [2.75, 3.05) is 10.6 Å². The SMILES string of the molecule is CCc1ccc(NC(=O)c2cncc(NCc3ccc(Cl)cc3)c2)cc1. The highest BCUT2D eigenvalue weighted by Gasteiger charge is 2.08. The summed E-state index contributed by atoms with van der Waals surface area (Å²) in [5.41, 5.74) is 4.39. The molecule has 0 aliphatic carbocycles. The zero-order chi connectivity index (χ0) is 18.4. The van der Waals surface area contributed by atoms with Crippen LogP contribution < -0.4 is 10.6 Å². The molecule has 0 aliphatic heterocycles. The molecule has 26 heavy (non-hydrogen) atoms. The van der Waals surface area contributed by atoms with E-state index in [1.807, 2.05) is 48.5 Å². The fourth-order valence-electron chi connectivity index (χ4n) is 2.49. The summed E-state index contributed by atoms with van der Waals surface area (Å²) >= 11 is 5.89. The number of aryl methyl sites for hydroxylation is 1. The molecule has 0 spiro atoms. The zero-order valence-electron chi connectivity index (χ0n) is 14.5. The van der Waals surface area contributed by atoms with Crippen LogP contribution in [0.25, 0.3) is 0 Å². The Morgan fingerprint density at radius 2 is 1.65 bits per heavy atom. The molecule has 0 bridgehead atoms. The van der Waals surface area contributed by atoms with Gasteiger partial charge in [0.05, 0.1) is 11.3 Å². The van der Waals surface area contributed by atoms with E-state index >= 15 is 0 Å². The summed E-state index contributed by atoms with van der Waals surface area (Å²) in [5.74, 6) is -0.183. The van der Waals surface area contributed by atoms with Crippen LogP contribution in [-0.2, 0) is 13.0 Å². The molecule has 1 aromatic heterocycles. The van der Waals surface area contributed by atoms with E-state index in [4.69, 9.17) is 11.6 Å². The normalized spacial score (nSPS) is 10.4. The Balaban J connectivity index is 1.63. The Kier molecular flexibility index (Phi) is 5.87. The number of benzene rings is 2. The molecule has 0 saturated heterocycles. The summed E-state index contributed by atoms with van der Waals surface area (Å²) in [6, 6.07) is 17.3. The molecule has 0 atom stereocenters. The largest absolute Gasteiger partial charge is 0.380 e. The van der Waals surface area contributed by atoms with Crippen molar-refractivity contribution >= 4 is 28.9 Å². The lowest BCUT2D eigenvalue weighted by Crippen LogP contribution is -2.12. The van der Waals surface area contributed by atoms with E-state index < -0.39 is 0 Å². The number of hydrogen-bond acceptors (Lipinski definition) is 3. The molecule has 1 heterocycles. The highest BCUT2D eigenvalue weighted by Crippen LogP contribution is 2.15. The van der Waals surface area contributed by atoms with Gasteiger partial charge in [-0.2, -0.15) is 0 Å². The van der Waals surface area contributed by atoms with Gasteiger partial charge < -0.3 is 10.6 Å². The van der Waals surface area contributed by atoms with Crippen LogP contribution in [0.5, 0.6) is 0 Å². The third-order valence-electron chi connectivity index (χ3n) is 4.03. The van der Waals surface area contributed by atoms with E-state index in [1.54, 1.807) is 18.5 Å². The van der Waals surface area contributed by atoms with Crippen molar-refractivity contribution in [2.45, 2.75) is 19.9 Å². The van der Waals surface area contributed by atoms with E-state index in [1.165, 1.54) is 5.56 Å². The molecule has 5 heteroatoms. The minimum absolute atomic E-state index is 0.183. The van der Waals surface area contributed by atoms with Gasteiger partial charge in [-0.05, 0) is 47.9 Å². The molecule has 132 valence electrons. The van der Waals surface area contributed by atoms with Gasteiger partial charge in [0.2, 0.25) is 0 Å². The molecule has 4 nitrogen and oxygen atoms in total. The van der Waals surface area contributed by atoms with Crippen LogP contribution in [0.3, 0.4) is 0 Å². The standard InChI is InChI=1S/C21H20ClN3O/c1-2-15-5-9-19(10-6-15)25-21(26)17-11-20(14-23-13-17)24-12-16-3-7-18(22)8-4-16/h3-11,13-14,24H,2,12H2,1H3,(H,25,26). The van der Waals surface area contributed by atoms with Gasteiger partial charge in [0, 0.05) is 29.6 Å². The lowest BCUT2D eigenvalue weighted by atomic mass is 10.1. The first-order chi connectivity index (χ1) is 12.6. The Bertz CT molecular complexity index is 877. The molecular weight excluding hydrogens is 346 g/mol. The number of pyridine rings is 1. The molecule has 3 aromatic rings. The molecule has 2 aromatic carbocycles. The minimum atomic E-state index is -0.183. The van der Waals surface area contributed by atoms with Crippen molar-refractivity contribution in [3.63, 3.8) is 0 Å². The van der Waals surface area contributed by atoms with Crippen molar-refractivity contribution in [3.05, 3.63) is 88.7 Å². The van der Waals surface area contributed by atoms with E-state index in [0.717, 1.165) is 23.4 Å². The number of nitrogens with zero attached hydrogens (tertiary/aromatic N) is 1. The first kappa shape index (κ1) is 18.0. The smallest absolute Gasteiger partial charge is 0.257 e. The van der Waals surface area contributed by atoms with Crippen molar-refractivity contribution in [2.24, 2.45) is 0 Å². The van der Waals surface area contributed by atoms with Crippen LogP contribution >= 0.6 is 11.6 Å². The monoisotopic (exact) mass is 365 g/mol. The van der Waals surface area contributed by atoms with E-state index in [9.17, 15) is 4.79 Å². The predicted octanol–water partition coefficient (Wildman–Crippen LogP) is 5.16. The fourth-order valence-corrected chi connectivity index (χ4v) is 2.62. The fraction of sp³-hybridized carbons (Fsp3) is 0.143. The summed E-state index contributed by atoms with van der Waals surface area (Å²) in [7, 11) is 0. The van der Waals surface area contributed by atoms with Gasteiger partial charge in [0.15, 0.2) is 0 Å². The third kappa shape index (κ3) is 4.83. The number of carbonyl (C=O) groups is 1. The van der Waals surface area contributed by atoms with Gasteiger partial charge in [-0.15, -0.1) is 0 Å². The van der Waals surface area contributed by atoms with Crippen molar-refractivity contribution < 1.29 is 4.79 Å². The van der Waals surface area contributed by atoms with Crippen LogP contribution in [0.15, 0.2) is 67.0 Å². The van der Waals surface area contributed by atoms with E-state index in [0.29, 0.717) is 17.1 Å². The molecule has 2 N–H and O–H groups in total. The van der Waals surface area contributed by atoms with Crippen LogP contribution in [-0.4, -0.2) is 10.9 Å². The van der Waals surface area contributed by atoms with Gasteiger partial charge in [-0.25, -0.2) is 0 Å². The van der Waals surface area contributed by atoms with Gasteiger partial charge in [0.1, 0.15) is 0 Å². The second-order valence-electron chi connectivity index (χ2n) is 5.95. The molecule has 3 rings (SSSR count). The molecule has 1 amide bonds. The summed E-state index contributed by atoms with van der Waals surface area (Å²) in [6.07, 6.45) is 4.23. The maximum atomic E-state index is 12.4. The van der Waals surface area contributed by atoms with Crippen LogP contribution in [0.1, 0.15) is 28.4 Å². The molecular formula is C21H20ClN3O. The topological polar surface area (TPSA) is 54.0 Å². The Morgan fingerprint density at radius 3 is 2.35 bits per heavy atom. The number of halogens is 1. The zero-order valence-corrected chi connectivity index (χ0v) is 15.3. The van der Waals surface area contributed by atoms with Crippen molar-refractivity contribution in [1.82, 2.24) is 4.98 Å². The van der Waals surface area contributed by atoms with Gasteiger partial charge >= 0.3 is 0 Å². The van der Waals surface area contributed by atoms with Crippen molar-refractivity contribution in [3.8, 4) is 0 Å². The summed E-state index contributed by atoms with van der Waals surface area (Å²) in [4.78, 5) is 16.6. The number of amides is 1. The molecule has 0 radical (unpaired) electrons. The Morgan fingerprint density at radius 1 is 0.962 bits per heavy atom. The van der Waals surface area contributed by atoms with Crippen LogP contribution in [0.2, 0.25) is 5.02 Å². The summed E-state index contributed by atoms with van der Waals surface area (Å²) in [5, 5.41) is 6.87. The number of rotatable bonds is 6. The number of nitrogens with one attached hydrogen (secondary N) is 2. The lowest BCUT2D eigenvalue weighted by molar-refractivity contribution is 0.102. The van der Waals surface area contributed by atoms with Crippen LogP contribution in [0, 0.1) is 0 Å². The second kappa shape index (κ2) is 8.50. The first-order valence-electron chi connectivity index (χ1n) is 8.47. The average Bonchev–Trinajstić information content (AvgIpc) is 2.68. The van der Waals surface area contributed by atoms with Gasteiger partial charge in [-0.1, -0.05) is 42.8 Å². The molecule has 0 aliphatic rings. The number of aromatic nitrogens is 1. The first-order valence-corrected chi connectivity index (χ1v) is 8.85.